The Hall–Kier alpha value is -3.01. The number of hydrogen-bond donors (Lipinski definition) is 1. The van der Waals surface area contributed by atoms with E-state index < -0.39 is 0 Å². The first-order chi connectivity index (χ1) is 15.1. The van der Waals surface area contributed by atoms with Gasteiger partial charge < -0.3 is 14.5 Å². The molecular weight excluding hydrogens is 386 g/mol. The molecule has 0 bridgehead atoms. The molecule has 1 heterocycles. The van der Waals surface area contributed by atoms with Crippen LogP contribution in [0.1, 0.15) is 55.4 Å². The zero-order chi connectivity index (χ0) is 22.1. The van der Waals surface area contributed by atoms with Crippen LogP contribution in [0.15, 0.2) is 77.4 Å². The summed E-state index contributed by atoms with van der Waals surface area (Å²) in [5.74, 6) is 2.68. The Morgan fingerprint density at radius 2 is 1.74 bits per heavy atom. The van der Waals surface area contributed by atoms with Gasteiger partial charge in [0.2, 0.25) is 5.91 Å². The Kier molecular flexibility index (Phi) is 8.34. The molecule has 0 saturated carbocycles. The van der Waals surface area contributed by atoms with Crippen LogP contribution in [0, 0.1) is 5.92 Å². The van der Waals surface area contributed by atoms with Gasteiger partial charge in [0.1, 0.15) is 11.5 Å². The highest BCUT2D eigenvalue weighted by molar-refractivity contribution is 5.76. The van der Waals surface area contributed by atoms with Crippen LogP contribution < -0.4 is 10.1 Å². The monoisotopic (exact) mass is 419 g/mol. The molecule has 0 fully saturated rings. The summed E-state index contributed by atoms with van der Waals surface area (Å²) in [6, 6.07) is 22.3. The Bertz CT molecular complexity index is 901. The molecule has 0 unspecified atom stereocenters. The highest BCUT2D eigenvalue weighted by Crippen LogP contribution is 2.29. The van der Waals surface area contributed by atoms with E-state index in [0.717, 1.165) is 24.4 Å². The summed E-state index contributed by atoms with van der Waals surface area (Å²) in [5, 5.41) is 3.13. The van der Waals surface area contributed by atoms with Crippen LogP contribution in [0.5, 0.6) is 5.75 Å². The molecule has 0 radical (unpaired) electrons. The largest absolute Gasteiger partial charge is 0.497 e. The second-order valence-corrected chi connectivity index (χ2v) is 8.37. The highest BCUT2D eigenvalue weighted by Gasteiger charge is 2.20. The van der Waals surface area contributed by atoms with Gasteiger partial charge in [-0.05, 0) is 60.1 Å². The van der Waals surface area contributed by atoms with E-state index in [9.17, 15) is 4.79 Å². The number of methoxy groups -OCH3 is 1. The van der Waals surface area contributed by atoms with E-state index in [-0.39, 0.29) is 11.8 Å². The second kappa shape index (κ2) is 11.4. The minimum absolute atomic E-state index is 0.0277. The van der Waals surface area contributed by atoms with E-state index in [0.29, 0.717) is 24.8 Å². The fourth-order valence-electron chi connectivity index (χ4n) is 4.09. The molecular formula is C27H33NO3. The third-order valence-corrected chi connectivity index (χ3v) is 5.83. The second-order valence-electron chi connectivity index (χ2n) is 8.37. The van der Waals surface area contributed by atoms with E-state index in [1.54, 1.807) is 13.4 Å². The van der Waals surface area contributed by atoms with Crippen molar-refractivity contribution in [3.63, 3.8) is 0 Å². The Morgan fingerprint density at radius 1 is 1.00 bits per heavy atom. The zero-order valence-corrected chi connectivity index (χ0v) is 18.7. The summed E-state index contributed by atoms with van der Waals surface area (Å²) in [5.41, 5.74) is 2.48. The van der Waals surface area contributed by atoms with Crippen molar-refractivity contribution in [1.82, 2.24) is 5.32 Å². The molecule has 1 N–H and O–H groups in total. The summed E-state index contributed by atoms with van der Waals surface area (Å²) in [4.78, 5) is 12.7. The normalized spacial score (nSPS) is 13.0. The third-order valence-electron chi connectivity index (χ3n) is 5.83. The number of benzene rings is 2. The van der Waals surface area contributed by atoms with Crippen LogP contribution in [0.2, 0.25) is 0 Å². The van der Waals surface area contributed by atoms with Gasteiger partial charge in [0.25, 0.3) is 0 Å². The number of carbonyl (C=O) groups is 1. The Labute approximate surface area is 185 Å². The van der Waals surface area contributed by atoms with Crippen molar-refractivity contribution in [1.29, 1.82) is 0 Å². The van der Waals surface area contributed by atoms with Crippen molar-refractivity contribution >= 4 is 5.91 Å². The highest BCUT2D eigenvalue weighted by atomic mass is 16.5. The average molecular weight is 420 g/mol. The average Bonchev–Trinajstić information content (AvgIpc) is 3.32. The topological polar surface area (TPSA) is 51.5 Å². The SMILES string of the molecule is COc1ccc([C@H](CCNC(=O)C[C@H](Cc2ccccc2)c2ccco2)C(C)C)cc1. The zero-order valence-electron chi connectivity index (χ0n) is 18.7. The maximum absolute atomic E-state index is 12.7. The first-order valence-electron chi connectivity index (χ1n) is 11.0. The predicted octanol–water partition coefficient (Wildman–Crippen LogP) is 5.95. The summed E-state index contributed by atoms with van der Waals surface area (Å²) >= 11 is 0. The maximum atomic E-state index is 12.7. The van der Waals surface area contributed by atoms with E-state index in [2.05, 4.69) is 43.4 Å². The van der Waals surface area contributed by atoms with Crippen molar-refractivity contribution in [3.05, 3.63) is 89.9 Å². The third kappa shape index (κ3) is 6.74. The van der Waals surface area contributed by atoms with Crippen LogP contribution in [-0.4, -0.2) is 19.6 Å². The first kappa shape index (κ1) is 22.7. The number of hydrogen-bond acceptors (Lipinski definition) is 3. The molecule has 0 saturated heterocycles. The molecule has 0 spiro atoms. The van der Waals surface area contributed by atoms with Crippen LogP contribution in [0.3, 0.4) is 0 Å². The van der Waals surface area contributed by atoms with Gasteiger partial charge in [0.05, 0.1) is 13.4 Å². The van der Waals surface area contributed by atoms with E-state index in [1.807, 2.05) is 42.5 Å². The first-order valence-corrected chi connectivity index (χ1v) is 11.0. The van der Waals surface area contributed by atoms with E-state index in [4.69, 9.17) is 9.15 Å². The van der Waals surface area contributed by atoms with Gasteiger partial charge in [-0.2, -0.15) is 0 Å². The van der Waals surface area contributed by atoms with Gasteiger partial charge in [-0.15, -0.1) is 0 Å². The molecule has 0 aliphatic heterocycles. The van der Waals surface area contributed by atoms with Crippen molar-refractivity contribution < 1.29 is 13.9 Å². The number of ether oxygens (including phenoxy) is 1. The van der Waals surface area contributed by atoms with Gasteiger partial charge in [-0.3, -0.25) is 4.79 Å². The van der Waals surface area contributed by atoms with Gasteiger partial charge in [0, 0.05) is 18.9 Å². The maximum Gasteiger partial charge on any atom is 0.220 e. The van der Waals surface area contributed by atoms with Gasteiger partial charge in [-0.25, -0.2) is 0 Å². The molecule has 3 aromatic rings. The summed E-state index contributed by atoms with van der Waals surface area (Å²) in [7, 11) is 1.68. The lowest BCUT2D eigenvalue weighted by Gasteiger charge is -2.22. The summed E-state index contributed by atoms with van der Waals surface area (Å²) < 4.78 is 10.9. The lowest BCUT2D eigenvalue weighted by atomic mass is 9.85. The van der Waals surface area contributed by atoms with Crippen molar-refractivity contribution in [2.75, 3.05) is 13.7 Å². The van der Waals surface area contributed by atoms with Crippen molar-refractivity contribution in [2.24, 2.45) is 5.92 Å². The van der Waals surface area contributed by atoms with Crippen LogP contribution >= 0.6 is 0 Å². The smallest absolute Gasteiger partial charge is 0.220 e. The molecule has 3 rings (SSSR count). The van der Waals surface area contributed by atoms with Crippen LogP contribution in [-0.2, 0) is 11.2 Å². The number of furan rings is 1. The molecule has 164 valence electrons. The van der Waals surface area contributed by atoms with Gasteiger partial charge in [0.15, 0.2) is 0 Å². The summed E-state index contributed by atoms with van der Waals surface area (Å²) in [6.07, 6.45) is 3.77. The fraction of sp³-hybridized carbons (Fsp3) is 0.370. The standard InChI is InChI=1S/C27H33NO3/c1-20(2)25(22-11-13-24(30-3)14-12-22)15-16-28-27(29)19-23(26-10-7-17-31-26)18-21-8-5-4-6-9-21/h4-14,17,20,23,25H,15-16,18-19H2,1-3H3,(H,28,29)/t23-,25+/m0/s1. The minimum Gasteiger partial charge on any atom is -0.497 e. The lowest BCUT2D eigenvalue weighted by Crippen LogP contribution is -2.28. The molecule has 0 aliphatic carbocycles. The Morgan fingerprint density at radius 3 is 2.35 bits per heavy atom. The van der Waals surface area contributed by atoms with Crippen molar-refractivity contribution in [3.8, 4) is 5.75 Å². The van der Waals surface area contributed by atoms with Crippen LogP contribution in [0.4, 0.5) is 0 Å². The molecule has 2 atom stereocenters. The molecule has 0 aliphatic rings. The molecule has 2 aromatic carbocycles. The quantitative estimate of drug-likeness (QED) is 0.418. The minimum atomic E-state index is 0.0277. The molecule has 4 nitrogen and oxygen atoms in total. The lowest BCUT2D eigenvalue weighted by molar-refractivity contribution is -0.121. The van der Waals surface area contributed by atoms with Crippen molar-refractivity contribution in [2.45, 2.75) is 44.9 Å². The Balaban J connectivity index is 1.56. The van der Waals surface area contributed by atoms with Crippen LogP contribution in [0.25, 0.3) is 0 Å². The molecule has 1 aromatic heterocycles. The predicted molar refractivity (Wildman–Crippen MR) is 124 cm³/mol. The van der Waals surface area contributed by atoms with Gasteiger partial charge in [-0.1, -0.05) is 56.3 Å². The summed E-state index contributed by atoms with van der Waals surface area (Å²) in [6.45, 7) is 5.11. The number of rotatable bonds is 11. The number of carbonyl (C=O) groups excluding carboxylic acids is 1. The fourth-order valence-corrected chi connectivity index (χ4v) is 4.09. The molecule has 1 amide bonds. The number of nitrogens with one attached hydrogen (secondary N) is 1. The van der Waals surface area contributed by atoms with Gasteiger partial charge >= 0.3 is 0 Å². The number of amides is 1. The molecule has 4 heteroatoms. The van der Waals surface area contributed by atoms with E-state index >= 15 is 0 Å². The molecule has 31 heavy (non-hydrogen) atoms. The van der Waals surface area contributed by atoms with E-state index in [1.165, 1.54) is 11.1 Å².